The summed E-state index contributed by atoms with van der Waals surface area (Å²) < 4.78 is 1.05. The minimum atomic E-state index is 0. The van der Waals surface area contributed by atoms with Gasteiger partial charge in [-0.1, -0.05) is 22.0 Å². The van der Waals surface area contributed by atoms with Gasteiger partial charge in [0.2, 0.25) is 0 Å². The number of nitrogens with one attached hydrogen (secondary N) is 1. The van der Waals surface area contributed by atoms with Crippen molar-refractivity contribution in [3.63, 3.8) is 0 Å². The van der Waals surface area contributed by atoms with Crippen LogP contribution in [0.2, 0.25) is 0 Å². The lowest BCUT2D eigenvalue weighted by Gasteiger charge is -2.21. The molecule has 2 rings (SSSR count). The molecule has 1 aliphatic heterocycles. The van der Waals surface area contributed by atoms with E-state index in [1.54, 1.807) is 0 Å². The Hall–Kier alpha value is -0.560. The number of rotatable bonds is 0. The van der Waals surface area contributed by atoms with Crippen molar-refractivity contribution >= 4 is 28.3 Å². The van der Waals surface area contributed by atoms with Crippen LogP contribution in [0, 0.1) is 11.3 Å². The summed E-state index contributed by atoms with van der Waals surface area (Å²) in [4.78, 5) is 0. The topological polar surface area (TPSA) is 35.8 Å². The Morgan fingerprint density at radius 2 is 2.29 bits per heavy atom. The van der Waals surface area contributed by atoms with Crippen LogP contribution in [0.1, 0.15) is 17.0 Å². The largest absolute Gasteiger partial charge is 0.311 e. The molecule has 1 unspecified atom stereocenters. The smallest absolute Gasteiger partial charge is 0.0840 e. The second-order valence-electron chi connectivity index (χ2n) is 3.16. The molecule has 0 fully saturated rings. The first-order chi connectivity index (χ1) is 6.31. The third-order valence-corrected chi connectivity index (χ3v) is 2.80. The molecule has 1 heterocycles. The molecule has 2 nitrogen and oxygen atoms in total. The molecule has 1 N–H and O–H groups in total. The minimum absolute atomic E-state index is 0. The van der Waals surface area contributed by atoms with E-state index in [0.29, 0.717) is 0 Å². The van der Waals surface area contributed by atoms with Gasteiger partial charge in [-0.25, -0.2) is 0 Å². The van der Waals surface area contributed by atoms with Gasteiger partial charge in [-0.3, -0.25) is 0 Å². The van der Waals surface area contributed by atoms with Crippen molar-refractivity contribution in [2.24, 2.45) is 0 Å². The van der Waals surface area contributed by atoms with Gasteiger partial charge in [-0.05, 0) is 23.3 Å². The second-order valence-corrected chi connectivity index (χ2v) is 4.07. The van der Waals surface area contributed by atoms with E-state index in [-0.39, 0.29) is 18.3 Å². The first-order valence-electron chi connectivity index (χ1n) is 4.20. The summed E-state index contributed by atoms with van der Waals surface area (Å²) in [5.74, 6) is 0.00116. The predicted octanol–water partition coefficient (Wildman–Crippen LogP) is 2.58. The lowest BCUT2D eigenvalue weighted by molar-refractivity contribution is 0.607. The lowest BCUT2D eigenvalue weighted by Crippen LogP contribution is -2.27. The molecule has 14 heavy (non-hydrogen) atoms. The van der Waals surface area contributed by atoms with Gasteiger partial charge >= 0.3 is 0 Å². The van der Waals surface area contributed by atoms with E-state index in [4.69, 9.17) is 5.26 Å². The summed E-state index contributed by atoms with van der Waals surface area (Å²) in [6.07, 6.45) is 0. The number of fused-ring (bicyclic) bond motifs is 1. The van der Waals surface area contributed by atoms with Crippen LogP contribution in [0.15, 0.2) is 22.7 Å². The summed E-state index contributed by atoms with van der Waals surface area (Å²) in [6.45, 7) is 1.64. The standard InChI is InChI=1S/C10H9BrN2.ClH/c11-9-2-1-7-5-13-6-8(4-12)10(7)3-9;/h1-3,8,13H,5-6H2;1H. The molecule has 0 spiro atoms. The van der Waals surface area contributed by atoms with Gasteiger partial charge in [0.1, 0.15) is 0 Å². The highest BCUT2D eigenvalue weighted by atomic mass is 79.9. The highest BCUT2D eigenvalue weighted by Crippen LogP contribution is 2.26. The first kappa shape index (κ1) is 11.5. The van der Waals surface area contributed by atoms with Crippen LogP contribution in [-0.2, 0) is 6.54 Å². The maximum atomic E-state index is 8.92. The molecule has 1 aromatic carbocycles. The fourth-order valence-electron chi connectivity index (χ4n) is 1.63. The Kier molecular flexibility index (Phi) is 3.94. The molecule has 1 aliphatic rings. The summed E-state index contributed by atoms with van der Waals surface area (Å²) in [5.41, 5.74) is 2.40. The summed E-state index contributed by atoms with van der Waals surface area (Å²) in [5, 5.41) is 12.1. The predicted molar refractivity (Wildman–Crippen MR) is 61.5 cm³/mol. The first-order valence-corrected chi connectivity index (χ1v) is 4.99. The molecule has 0 bridgehead atoms. The molecular weight excluding hydrogens is 263 g/mol. The van der Waals surface area contributed by atoms with Crippen LogP contribution >= 0.6 is 28.3 Å². The van der Waals surface area contributed by atoms with Crippen LogP contribution in [-0.4, -0.2) is 6.54 Å². The Balaban J connectivity index is 0.000000980. The highest BCUT2D eigenvalue weighted by molar-refractivity contribution is 9.10. The number of nitriles is 1. The van der Waals surface area contributed by atoms with Gasteiger partial charge in [0.25, 0.3) is 0 Å². The van der Waals surface area contributed by atoms with Gasteiger partial charge in [0.15, 0.2) is 0 Å². The van der Waals surface area contributed by atoms with Crippen LogP contribution in [0.3, 0.4) is 0 Å². The van der Waals surface area contributed by atoms with Crippen molar-refractivity contribution in [1.29, 1.82) is 5.26 Å². The Morgan fingerprint density at radius 1 is 1.50 bits per heavy atom. The third-order valence-electron chi connectivity index (χ3n) is 2.30. The fourth-order valence-corrected chi connectivity index (χ4v) is 2.01. The average molecular weight is 274 g/mol. The van der Waals surface area contributed by atoms with Gasteiger partial charge in [-0.2, -0.15) is 5.26 Å². The Labute approximate surface area is 97.8 Å². The van der Waals surface area contributed by atoms with Crippen molar-refractivity contribution < 1.29 is 0 Å². The molecule has 1 aromatic rings. The van der Waals surface area contributed by atoms with Crippen molar-refractivity contribution in [1.82, 2.24) is 5.32 Å². The average Bonchev–Trinajstić information content (AvgIpc) is 2.17. The molecule has 0 saturated carbocycles. The Morgan fingerprint density at radius 3 is 3.00 bits per heavy atom. The summed E-state index contributed by atoms with van der Waals surface area (Å²) in [6, 6.07) is 8.43. The van der Waals surface area contributed by atoms with Crippen molar-refractivity contribution in [3.05, 3.63) is 33.8 Å². The SMILES string of the molecule is Cl.N#CC1CNCc2ccc(Br)cc21. The zero-order valence-electron chi connectivity index (χ0n) is 7.46. The Bertz CT molecular complexity index is 373. The number of hydrogen-bond donors (Lipinski definition) is 1. The normalized spacial score (nSPS) is 19.0. The molecule has 0 saturated heterocycles. The molecule has 74 valence electrons. The van der Waals surface area contributed by atoms with E-state index in [1.165, 1.54) is 5.56 Å². The van der Waals surface area contributed by atoms with Crippen LogP contribution in [0.25, 0.3) is 0 Å². The fraction of sp³-hybridized carbons (Fsp3) is 0.300. The maximum Gasteiger partial charge on any atom is 0.0840 e. The van der Waals surface area contributed by atoms with E-state index in [1.807, 2.05) is 12.1 Å². The van der Waals surface area contributed by atoms with E-state index in [0.717, 1.165) is 23.1 Å². The highest BCUT2D eigenvalue weighted by Gasteiger charge is 2.18. The molecule has 0 amide bonds. The lowest BCUT2D eigenvalue weighted by atomic mass is 9.92. The number of hydrogen-bond acceptors (Lipinski definition) is 2. The van der Waals surface area contributed by atoms with Crippen molar-refractivity contribution in [2.45, 2.75) is 12.5 Å². The molecule has 1 atom stereocenters. The number of halogens is 2. The molecule has 0 aliphatic carbocycles. The van der Waals surface area contributed by atoms with Gasteiger partial charge < -0.3 is 5.32 Å². The van der Waals surface area contributed by atoms with Gasteiger partial charge in [-0.15, -0.1) is 12.4 Å². The van der Waals surface area contributed by atoms with Crippen molar-refractivity contribution in [2.75, 3.05) is 6.54 Å². The second kappa shape index (κ2) is 4.79. The van der Waals surface area contributed by atoms with E-state index < -0.39 is 0 Å². The molecular formula is C10H10BrClN2. The van der Waals surface area contributed by atoms with Crippen LogP contribution in [0.4, 0.5) is 0 Å². The summed E-state index contributed by atoms with van der Waals surface area (Å²) in [7, 11) is 0. The molecule has 0 aromatic heterocycles. The maximum absolute atomic E-state index is 8.92. The summed E-state index contributed by atoms with van der Waals surface area (Å²) >= 11 is 3.42. The molecule has 4 heteroatoms. The zero-order chi connectivity index (χ0) is 9.26. The minimum Gasteiger partial charge on any atom is -0.311 e. The quantitative estimate of drug-likeness (QED) is 0.789. The van der Waals surface area contributed by atoms with E-state index in [9.17, 15) is 0 Å². The van der Waals surface area contributed by atoms with Gasteiger partial charge in [0.05, 0.1) is 12.0 Å². The monoisotopic (exact) mass is 272 g/mol. The van der Waals surface area contributed by atoms with Crippen LogP contribution < -0.4 is 5.32 Å². The van der Waals surface area contributed by atoms with Crippen molar-refractivity contribution in [3.8, 4) is 6.07 Å². The number of benzene rings is 1. The van der Waals surface area contributed by atoms with E-state index in [2.05, 4.69) is 33.4 Å². The number of nitrogens with zero attached hydrogens (tertiary/aromatic N) is 1. The zero-order valence-corrected chi connectivity index (χ0v) is 9.86. The molecule has 0 radical (unpaired) electrons. The van der Waals surface area contributed by atoms with Crippen LogP contribution in [0.5, 0.6) is 0 Å². The third kappa shape index (κ3) is 2.09. The van der Waals surface area contributed by atoms with Gasteiger partial charge in [0, 0.05) is 17.6 Å². The van der Waals surface area contributed by atoms with E-state index >= 15 is 0 Å².